The normalized spacial score (nSPS) is 14.0. The molecule has 1 aromatic heterocycles. The van der Waals surface area contributed by atoms with Crippen LogP contribution in [0.2, 0.25) is 0 Å². The molecule has 0 saturated heterocycles. The van der Waals surface area contributed by atoms with Crippen molar-refractivity contribution in [2.45, 2.75) is 49.1 Å². The van der Waals surface area contributed by atoms with Gasteiger partial charge in [-0.1, -0.05) is 53.7 Å². The van der Waals surface area contributed by atoms with E-state index in [2.05, 4.69) is 88.1 Å². The Hall–Kier alpha value is -1.69. The van der Waals surface area contributed by atoms with Crippen LogP contribution in [0.25, 0.3) is 0 Å². The Morgan fingerprint density at radius 1 is 1.07 bits per heavy atom. The fraction of sp³-hybridized carbons (Fsp3) is 0.333. The average Bonchev–Trinajstić information content (AvgIpc) is 3.25. The topological polar surface area (TPSA) is 19.6 Å². The molecule has 1 unspecified atom stereocenters. The fourth-order valence-electron chi connectivity index (χ4n) is 4.09. The van der Waals surface area contributed by atoms with E-state index in [0.29, 0.717) is 6.04 Å². The smallest absolute Gasteiger partial charge is 0.0947 e. The predicted molar refractivity (Wildman–Crippen MR) is 125 cm³/mol. The lowest BCUT2D eigenvalue weighted by atomic mass is 10.1. The van der Waals surface area contributed by atoms with E-state index < -0.39 is 0 Å². The van der Waals surface area contributed by atoms with Crippen LogP contribution in [0.1, 0.15) is 32.3 Å². The van der Waals surface area contributed by atoms with Crippen molar-refractivity contribution in [3.8, 4) is 0 Å². The number of furan rings is 1. The third kappa shape index (κ3) is 4.57. The summed E-state index contributed by atoms with van der Waals surface area (Å²) in [6.45, 7) is 7.55. The molecule has 152 valence electrons. The molecule has 0 radical (unpaired) electrons. The first-order chi connectivity index (χ1) is 14.2. The highest BCUT2D eigenvalue weighted by Crippen LogP contribution is 2.48. The minimum absolute atomic E-state index is 0.538. The summed E-state index contributed by atoms with van der Waals surface area (Å²) in [7, 11) is 0. The number of benzene rings is 2. The van der Waals surface area contributed by atoms with E-state index in [0.717, 1.165) is 36.9 Å². The van der Waals surface area contributed by atoms with Crippen molar-refractivity contribution in [1.82, 2.24) is 4.90 Å². The molecule has 3 nitrogen and oxygen atoms in total. The number of rotatable bonds is 8. The molecule has 0 aliphatic carbocycles. The van der Waals surface area contributed by atoms with E-state index in [4.69, 9.17) is 4.42 Å². The first-order valence-electron chi connectivity index (χ1n) is 10.3. The number of fused-ring (bicyclic) bond motifs is 2. The van der Waals surface area contributed by atoms with Gasteiger partial charge in [0.25, 0.3) is 0 Å². The molecule has 4 rings (SSSR count). The zero-order chi connectivity index (χ0) is 20.2. The van der Waals surface area contributed by atoms with Crippen LogP contribution in [-0.2, 0) is 6.54 Å². The number of hydrogen-bond acceptors (Lipinski definition) is 4. The molecular formula is C24H27BrN2OS. The van der Waals surface area contributed by atoms with Crippen LogP contribution in [0.3, 0.4) is 0 Å². The van der Waals surface area contributed by atoms with Gasteiger partial charge >= 0.3 is 0 Å². The highest BCUT2D eigenvalue weighted by atomic mass is 79.9. The third-order valence-electron chi connectivity index (χ3n) is 5.63. The van der Waals surface area contributed by atoms with Gasteiger partial charge in [0.1, 0.15) is 0 Å². The Kier molecular flexibility index (Phi) is 6.68. The van der Waals surface area contributed by atoms with Crippen LogP contribution in [0.15, 0.2) is 79.7 Å². The van der Waals surface area contributed by atoms with Gasteiger partial charge in [0, 0.05) is 39.0 Å². The molecule has 3 aromatic rings. The largest absolute Gasteiger partial charge is 0.472 e. The molecular weight excluding hydrogens is 444 g/mol. The maximum absolute atomic E-state index is 5.28. The highest BCUT2D eigenvalue weighted by Gasteiger charge is 2.25. The second-order valence-electron chi connectivity index (χ2n) is 7.38. The van der Waals surface area contributed by atoms with Gasteiger partial charge in [-0.25, -0.2) is 0 Å². The van der Waals surface area contributed by atoms with Crippen molar-refractivity contribution in [2.24, 2.45) is 0 Å². The second kappa shape index (κ2) is 9.41. The van der Waals surface area contributed by atoms with Crippen molar-refractivity contribution in [3.63, 3.8) is 0 Å². The standard InChI is InChI=1S/C24H27BrN2OS/c1-3-20(26(4-2)16-18-12-14-28-17-18)11-13-27-21-7-5-6-8-23(21)29-24-15-19(25)9-10-22(24)27/h5-10,12,14-15,17,20H,3-4,11,13,16H2,1-2H3. The van der Waals surface area contributed by atoms with Crippen molar-refractivity contribution in [2.75, 3.05) is 18.0 Å². The van der Waals surface area contributed by atoms with Crippen molar-refractivity contribution < 1.29 is 4.42 Å². The highest BCUT2D eigenvalue weighted by molar-refractivity contribution is 9.10. The molecule has 1 aliphatic heterocycles. The molecule has 1 aliphatic rings. The Bertz CT molecular complexity index is 944. The quantitative estimate of drug-likeness (QED) is 0.342. The zero-order valence-electron chi connectivity index (χ0n) is 17.0. The summed E-state index contributed by atoms with van der Waals surface area (Å²) in [5.41, 5.74) is 3.88. The van der Waals surface area contributed by atoms with Crippen molar-refractivity contribution in [1.29, 1.82) is 0 Å². The van der Waals surface area contributed by atoms with Gasteiger partial charge in [-0.15, -0.1) is 0 Å². The molecule has 1 atom stereocenters. The number of halogens is 1. The van der Waals surface area contributed by atoms with Gasteiger partial charge < -0.3 is 9.32 Å². The maximum Gasteiger partial charge on any atom is 0.0947 e. The van der Waals surface area contributed by atoms with Crippen molar-refractivity contribution in [3.05, 3.63) is 71.1 Å². The summed E-state index contributed by atoms with van der Waals surface area (Å²) in [6, 6.07) is 18.0. The minimum atomic E-state index is 0.538. The van der Waals surface area contributed by atoms with E-state index in [-0.39, 0.29) is 0 Å². The molecule has 2 aromatic carbocycles. The number of anilines is 2. The third-order valence-corrected chi connectivity index (χ3v) is 7.24. The number of para-hydroxylation sites is 1. The predicted octanol–water partition coefficient (Wildman–Crippen LogP) is 7.34. The molecule has 0 N–H and O–H groups in total. The van der Waals surface area contributed by atoms with E-state index in [1.807, 2.05) is 18.0 Å². The lowest BCUT2D eigenvalue weighted by molar-refractivity contribution is 0.183. The first-order valence-corrected chi connectivity index (χ1v) is 11.9. The molecule has 2 heterocycles. The van der Waals surface area contributed by atoms with Crippen LogP contribution in [0.5, 0.6) is 0 Å². The first kappa shape index (κ1) is 20.6. The second-order valence-corrected chi connectivity index (χ2v) is 9.38. The average molecular weight is 471 g/mol. The van der Waals surface area contributed by atoms with Gasteiger partial charge in [0.05, 0.1) is 23.9 Å². The minimum Gasteiger partial charge on any atom is -0.472 e. The molecule has 29 heavy (non-hydrogen) atoms. The lowest BCUT2D eigenvalue weighted by Crippen LogP contribution is -2.37. The number of nitrogens with zero attached hydrogens (tertiary/aromatic N) is 2. The maximum atomic E-state index is 5.28. The van der Waals surface area contributed by atoms with Gasteiger partial charge in [-0.2, -0.15) is 0 Å². The van der Waals surface area contributed by atoms with Gasteiger partial charge in [0.2, 0.25) is 0 Å². The van der Waals surface area contributed by atoms with Gasteiger partial charge in [-0.05, 0) is 55.8 Å². The summed E-state index contributed by atoms with van der Waals surface area (Å²) in [5.74, 6) is 0. The fourth-order valence-corrected chi connectivity index (χ4v) is 5.74. The van der Waals surface area contributed by atoms with E-state index in [1.54, 1.807) is 6.26 Å². The molecule has 0 fully saturated rings. The zero-order valence-corrected chi connectivity index (χ0v) is 19.4. The summed E-state index contributed by atoms with van der Waals surface area (Å²) < 4.78 is 6.41. The Morgan fingerprint density at radius 2 is 1.90 bits per heavy atom. The Morgan fingerprint density at radius 3 is 2.66 bits per heavy atom. The van der Waals surface area contributed by atoms with Gasteiger partial charge in [0.15, 0.2) is 0 Å². The van der Waals surface area contributed by atoms with Crippen LogP contribution < -0.4 is 4.90 Å². The Balaban J connectivity index is 1.55. The Labute approximate surface area is 186 Å². The van der Waals surface area contributed by atoms with Crippen LogP contribution in [0.4, 0.5) is 11.4 Å². The summed E-state index contributed by atoms with van der Waals surface area (Å²) in [4.78, 5) is 7.72. The van der Waals surface area contributed by atoms with E-state index in [1.165, 1.54) is 26.7 Å². The summed E-state index contributed by atoms with van der Waals surface area (Å²) in [6.07, 6.45) is 5.89. The van der Waals surface area contributed by atoms with Crippen molar-refractivity contribution >= 4 is 39.1 Å². The van der Waals surface area contributed by atoms with E-state index >= 15 is 0 Å². The SMILES string of the molecule is CCC(CCN1c2ccccc2Sc2cc(Br)ccc21)N(CC)Cc1ccoc1. The van der Waals surface area contributed by atoms with Crippen LogP contribution in [-0.4, -0.2) is 24.0 Å². The summed E-state index contributed by atoms with van der Waals surface area (Å²) in [5, 5.41) is 0. The monoisotopic (exact) mass is 470 g/mol. The molecule has 5 heteroatoms. The van der Waals surface area contributed by atoms with E-state index in [9.17, 15) is 0 Å². The molecule has 0 bridgehead atoms. The summed E-state index contributed by atoms with van der Waals surface area (Å²) >= 11 is 5.50. The van der Waals surface area contributed by atoms with Gasteiger partial charge in [-0.3, -0.25) is 4.90 Å². The molecule has 0 saturated carbocycles. The van der Waals surface area contributed by atoms with Crippen LogP contribution >= 0.6 is 27.7 Å². The molecule has 0 amide bonds. The van der Waals surface area contributed by atoms with Crippen LogP contribution in [0, 0.1) is 0 Å². The molecule has 0 spiro atoms. The number of hydrogen-bond donors (Lipinski definition) is 0. The lowest BCUT2D eigenvalue weighted by Gasteiger charge is -2.36.